The second-order valence-electron chi connectivity index (χ2n) is 3.03. The summed E-state index contributed by atoms with van der Waals surface area (Å²) in [5.41, 5.74) is 0. The van der Waals surface area contributed by atoms with Crippen LogP contribution in [0.25, 0.3) is 10.8 Å². The van der Waals surface area contributed by atoms with E-state index in [4.69, 9.17) is 4.74 Å². The van der Waals surface area contributed by atoms with Gasteiger partial charge in [-0.3, -0.25) is 0 Å². The van der Waals surface area contributed by atoms with E-state index in [1.165, 1.54) is 27.1 Å². The molecule has 2 aromatic rings. The molecule has 0 radical (unpaired) electrons. The van der Waals surface area contributed by atoms with Gasteiger partial charge in [-0.15, -0.1) is 16.8 Å². The quantitative estimate of drug-likeness (QED) is 0.469. The predicted octanol–water partition coefficient (Wildman–Crippen LogP) is 4.05. The molecule has 0 saturated heterocycles. The van der Waals surface area contributed by atoms with Crippen LogP contribution < -0.4 is 4.74 Å². The van der Waals surface area contributed by atoms with Crippen LogP contribution in [0.5, 0.6) is 5.75 Å². The molecule has 78 valence electrons. The number of hydrogen-bond acceptors (Lipinski definition) is 1. The van der Waals surface area contributed by atoms with Gasteiger partial charge < -0.3 is 4.74 Å². The zero-order valence-corrected chi connectivity index (χ0v) is 13.5. The molecule has 0 N–H and O–H groups in total. The third-order valence-corrected chi connectivity index (χ3v) is 2.02. The summed E-state index contributed by atoms with van der Waals surface area (Å²) < 4.78 is 5.43. The Hall–Kier alpha value is -0.657. The normalized spacial score (nSPS) is 9.19. The van der Waals surface area contributed by atoms with E-state index in [0.717, 1.165) is 5.75 Å². The van der Waals surface area contributed by atoms with E-state index in [-0.39, 0.29) is 0 Å². The number of ether oxygens (including phenoxy) is 1. The Morgan fingerprint density at radius 1 is 1.31 bits per heavy atom. The van der Waals surface area contributed by atoms with E-state index < -0.39 is 0 Å². The monoisotopic (exact) mass is 326 g/mol. The number of rotatable bonds is 3. The van der Waals surface area contributed by atoms with Crippen LogP contribution in [0.15, 0.2) is 49.1 Å². The van der Waals surface area contributed by atoms with Crippen molar-refractivity contribution in [3.63, 3.8) is 0 Å². The van der Waals surface area contributed by atoms with Crippen LogP contribution in [0.2, 0.25) is 0 Å². The average molecular weight is 329 g/mol. The Morgan fingerprint density at radius 3 is 2.88 bits per heavy atom. The average Bonchev–Trinajstić information content (AvgIpc) is 2.38. The standard InChI is InChI=1S/C13H11O.BrH.Zn/c1-2-9-14-13-8-7-11-5-3-4-6-12(11)10-13;;/h2,4-8,10H,1,9H2;1H;/q-1;;+2/p-1. The van der Waals surface area contributed by atoms with E-state index in [1.807, 2.05) is 36.4 Å². The van der Waals surface area contributed by atoms with Gasteiger partial charge in [-0.1, -0.05) is 12.7 Å². The summed E-state index contributed by atoms with van der Waals surface area (Å²) in [6.45, 7) is 4.15. The van der Waals surface area contributed by atoms with Gasteiger partial charge in [-0.2, -0.15) is 24.3 Å². The van der Waals surface area contributed by atoms with Gasteiger partial charge in [0.2, 0.25) is 0 Å². The topological polar surface area (TPSA) is 9.23 Å². The van der Waals surface area contributed by atoms with Gasteiger partial charge in [0, 0.05) is 0 Å². The SMILES string of the molecule is C=CCOc1ccc2c[c-]ccc2c1.[Zn+][Br]. The van der Waals surface area contributed by atoms with Crippen molar-refractivity contribution in [2.24, 2.45) is 0 Å². The number of fused-ring (bicyclic) bond motifs is 1. The minimum atomic E-state index is 0.546. The second-order valence-corrected chi connectivity index (χ2v) is 3.03. The third kappa shape index (κ3) is 3.73. The zero-order chi connectivity index (χ0) is 11.8. The first-order chi connectivity index (χ1) is 7.90. The van der Waals surface area contributed by atoms with Crippen LogP contribution in [0.3, 0.4) is 0 Å². The molecule has 0 aromatic heterocycles. The van der Waals surface area contributed by atoms with Gasteiger partial charge in [0.25, 0.3) is 0 Å². The summed E-state index contributed by atoms with van der Waals surface area (Å²) in [6, 6.07) is 14.9. The molecule has 0 amide bonds. The summed E-state index contributed by atoms with van der Waals surface area (Å²) in [5.74, 6) is 0.878. The Labute approximate surface area is 113 Å². The number of halogens is 1. The maximum absolute atomic E-state index is 5.43. The molecular formula is C13H11BrOZn. The van der Waals surface area contributed by atoms with E-state index >= 15 is 0 Å². The van der Waals surface area contributed by atoms with Crippen molar-refractivity contribution >= 4 is 24.4 Å². The Bertz CT molecular complexity index is 456. The van der Waals surface area contributed by atoms with Crippen molar-refractivity contribution in [3.8, 4) is 5.75 Å². The fourth-order valence-corrected chi connectivity index (χ4v) is 1.35. The molecular weight excluding hydrogens is 317 g/mol. The molecule has 2 rings (SSSR count). The molecule has 0 aliphatic heterocycles. The van der Waals surface area contributed by atoms with Gasteiger partial charge in [-0.25, -0.2) is 0 Å². The van der Waals surface area contributed by atoms with Gasteiger partial charge in [0.1, 0.15) is 12.4 Å². The molecule has 16 heavy (non-hydrogen) atoms. The van der Waals surface area contributed by atoms with Crippen molar-refractivity contribution in [2.45, 2.75) is 0 Å². The number of hydrogen-bond donors (Lipinski definition) is 0. The fraction of sp³-hybridized carbons (Fsp3) is 0.0769. The van der Waals surface area contributed by atoms with E-state index in [2.05, 4.69) is 26.3 Å². The van der Waals surface area contributed by atoms with Crippen molar-refractivity contribution < 1.29 is 21.1 Å². The van der Waals surface area contributed by atoms with Crippen molar-refractivity contribution in [2.75, 3.05) is 6.61 Å². The van der Waals surface area contributed by atoms with Gasteiger partial charge in [0.15, 0.2) is 0 Å². The van der Waals surface area contributed by atoms with Crippen LogP contribution in [-0.4, -0.2) is 6.61 Å². The zero-order valence-electron chi connectivity index (χ0n) is 8.95. The van der Waals surface area contributed by atoms with Crippen LogP contribution in [-0.2, 0) is 16.3 Å². The summed E-state index contributed by atoms with van der Waals surface area (Å²) in [7, 11) is 0. The summed E-state index contributed by atoms with van der Waals surface area (Å²) in [6.07, 6.45) is 1.74. The molecule has 0 spiro atoms. The van der Waals surface area contributed by atoms with Crippen molar-refractivity contribution in [1.82, 2.24) is 0 Å². The molecule has 0 atom stereocenters. The van der Waals surface area contributed by atoms with Crippen LogP contribution >= 0.6 is 13.6 Å². The Morgan fingerprint density at radius 2 is 2.12 bits per heavy atom. The Kier molecular flexibility index (Phi) is 6.36. The maximum atomic E-state index is 5.43. The molecule has 1 nitrogen and oxygen atoms in total. The van der Waals surface area contributed by atoms with Crippen molar-refractivity contribution in [3.05, 3.63) is 55.1 Å². The Balaban J connectivity index is 0.000000606. The number of benzene rings is 2. The third-order valence-electron chi connectivity index (χ3n) is 2.02. The van der Waals surface area contributed by atoms with E-state index in [1.54, 1.807) is 6.08 Å². The first-order valence-corrected chi connectivity index (χ1v) is 11.8. The first-order valence-electron chi connectivity index (χ1n) is 4.80. The minimum absolute atomic E-state index is 0.546. The van der Waals surface area contributed by atoms with Gasteiger partial charge in [-0.05, 0) is 12.1 Å². The van der Waals surface area contributed by atoms with E-state index in [0.29, 0.717) is 6.61 Å². The molecule has 2 aromatic carbocycles. The molecule has 0 aliphatic carbocycles. The van der Waals surface area contributed by atoms with Crippen LogP contribution in [0.1, 0.15) is 0 Å². The summed E-state index contributed by atoms with van der Waals surface area (Å²) in [5, 5.41) is 2.35. The fourth-order valence-electron chi connectivity index (χ4n) is 1.35. The second kappa shape index (κ2) is 7.59. The van der Waals surface area contributed by atoms with Crippen LogP contribution in [0.4, 0.5) is 0 Å². The van der Waals surface area contributed by atoms with Crippen molar-refractivity contribution in [1.29, 1.82) is 0 Å². The molecule has 3 heteroatoms. The van der Waals surface area contributed by atoms with Crippen LogP contribution in [0, 0.1) is 6.07 Å². The first kappa shape index (κ1) is 13.4. The molecule has 0 heterocycles. The van der Waals surface area contributed by atoms with Gasteiger partial charge in [0.05, 0.1) is 0 Å². The summed E-state index contributed by atoms with van der Waals surface area (Å²) >= 11 is 4.25. The molecule has 0 bridgehead atoms. The molecule has 0 saturated carbocycles. The predicted molar refractivity (Wildman–Crippen MR) is 67.4 cm³/mol. The molecule has 0 unspecified atom stereocenters. The molecule has 0 aliphatic rings. The van der Waals surface area contributed by atoms with Gasteiger partial charge >= 0.3 is 30.0 Å². The molecule has 0 fully saturated rings. The summed E-state index contributed by atoms with van der Waals surface area (Å²) in [4.78, 5) is 0. The van der Waals surface area contributed by atoms with E-state index in [9.17, 15) is 0 Å².